The van der Waals surface area contributed by atoms with E-state index in [0.717, 1.165) is 56.3 Å². The van der Waals surface area contributed by atoms with Crippen molar-refractivity contribution < 1.29 is 24.1 Å². The first-order chi connectivity index (χ1) is 20.6. The van der Waals surface area contributed by atoms with E-state index in [-0.39, 0.29) is 5.92 Å². The zero-order valence-electron chi connectivity index (χ0n) is 28.6. The molecule has 0 amide bonds. The van der Waals surface area contributed by atoms with E-state index in [1.165, 1.54) is 50.0 Å². The van der Waals surface area contributed by atoms with Gasteiger partial charge in [0.2, 0.25) is 0 Å². The molecule has 5 N–H and O–H groups in total. The molecule has 252 valence electrons. The average molecular weight is 610 g/mol. The second-order valence-corrected chi connectivity index (χ2v) is 14.6. The zero-order valence-corrected chi connectivity index (χ0v) is 28.6. The third-order valence-corrected chi connectivity index (χ3v) is 11.6. The van der Waals surface area contributed by atoms with E-state index < -0.39 is 6.23 Å². The summed E-state index contributed by atoms with van der Waals surface area (Å²) in [7, 11) is 3.46. The van der Waals surface area contributed by atoms with E-state index in [1.54, 1.807) is 13.3 Å². The third-order valence-electron chi connectivity index (χ3n) is 11.6. The first-order valence-corrected chi connectivity index (χ1v) is 17.5. The molecule has 4 aliphatic rings. The summed E-state index contributed by atoms with van der Waals surface area (Å²) in [4.78, 5) is 0. The molecular weight excluding hydrogens is 542 g/mol. The molecule has 2 aliphatic carbocycles. The highest BCUT2D eigenvalue weighted by Crippen LogP contribution is 2.47. The van der Waals surface area contributed by atoms with Gasteiger partial charge in [-0.25, -0.2) is 5.84 Å². The first-order valence-electron chi connectivity index (χ1n) is 17.5. The van der Waals surface area contributed by atoms with Gasteiger partial charge in [0.25, 0.3) is 0 Å². The molecule has 0 aromatic heterocycles. The smallest absolute Gasteiger partial charge is 0.143 e. The fourth-order valence-electron chi connectivity index (χ4n) is 8.76. The van der Waals surface area contributed by atoms with Gasteiger partial charge in [-0.05, 0) is 99.7 Å². The lowest BCUT2D eigenvalue weighted by Crippen LogP contribution is -2.48. The van der Waals surface area contributed by atoms with Gasteiger partial charge in [-0.2, -0.15) is 0 Å². The number of hydrogen-bond acceptors (Lipinski definition) is 8. The first kappa shape index (κ1) is 36.6. The Balaban J connectivity index is 0.000000257. The van der Waals surface area contributed by atoms with Crippen LogP contribution in [0.5, 0.6) is 0 Å². The van der Waals surface area contributed by atoms with Crippen LogP contribution in [0.2, 0.25) is 0 Å². The summed E-state index contributed by atoms with van der Waals surface area (Å²) in [5, 5.41) is 12.2. The SMILES string of the molecule is COCC(C)[C@@H]1CCCC2CCC(C)OCC21.COCC/C(N)=C/N(N)[C@H](O)C(C)C1CC[C@@H](C)C2CCC(C)OCC12. The van der Waals surface area contributed by atoms with Crippen molar-refractivity contribution in [3.8, 4) is 0 Å². The molecule has 0 spiro atoms. The molecule has 0 bridgehead atoms. The highest BCUT2D eigenvalue weighted by molar-refractivity contribution is 4.97. The number of methoxy groups -OCH3 is 2. The Morgan fingerprint density at radius 2 is 1.53 bits per heavy atom. The van der Waals surface area contributed by atoms with Gasteiger partial charge < -0.3 is 29.8 Å². The maximum Gasteiger partial charge on any atom is 0.143 e. The van der Waals surface area contributed by atoms with Crippen LogP contribution >= 0.6 is 0 Å². The lowest BCUT2D eigenvalue weighted by Gasteiger charge is -2.45. The quantitative estimate of drug-likeness (QED) is 0.159. The molecule has 12 atom stereocenters. The molecule has 4 fully saturated rings. The number of hydrazine groups is 1. The van der Waals surface area contributed by atoms with Crippen LogP contribution < -0.4 is 11.6 Å². The molecule has 4 rings (SSSR count). The fraction of sp³-hybridized carbons (Fsp3) is 0.943. The Kier molecular flexibility index (Phi) is 15.6. The number of rotatable bonds is 10. The van der Waals surface area contributed by atoms with Crippen molar-refractivity contribution in [2.45, 2.75) is 117 Å². The minimum absolute atomic E-state index is 0.0588. The molecule has 43 heavy (non-hydrogen) atoms. The van der Waals surface area contributed by atoms with Crippen molar-refractivity contribution in [3.63, 3.8) is 0 Å². The minimum Gasteiger partial charge on any atom is -0.401 e. The summed E-state index contributed by atoms with van der Waals surface area (Å²) in [6.07, 6.45) is 13.8. The van der Waals surface area contributed by atoms with Gasteiger partial charge in [0.05, 0.1) is 32.0 Å². The Morgan fingerprint density at radius 3 is 2.21 bits per heavy atom. The topological polar surface area (TPSA) is 112 Å². The van der Waals surface area contributed by atoms with Crippen LogP contribution in [0.25, 0.3) is 0 Å². The van der Waals surface area contributed by atoms with Crippen LogP contribution in [0.3, 0.4) is 0 Å². The molecule has 0 aromatic rings. The molecule has 9 unspecified atom stereocenters. The number of nitrogens with zero attached hydrogens (tertiary/aromatic N) is 1. The van der Waals surface area contributed by atoms with Crippen molar-refractivity contribution >= 4 is 0 Å². The maximum atomic E-state index is 10.8. The van der Waals surface area contributed by atoms with Crippen molar-refractivity contribution in [2.24, 2.45) is 64.8 Å². The number of nitrogens with two attached hydrogens (primary N) is 2. The van der Waals surface area contributed by atoms with Crippen molar-refractivity contribution in [1.82, 2.24) is 5.01 Å². The van der Waals surface area contributed by atoms with Crippen LogP contribution in [0.15, 0.2) is 11.9 Å². The Hall–Kier alpha value is -0.900. The van der Waals surface area contributed by atoms with Gasteiger partial charge in [-0.15, -0.1) is 0 Å². The van der Waals surface area contributed by atoms with E-state index in [0.29, 0.717) is 54.6 Å². The number of hydrogen-bond donors (Lipinski definition) is 3. The Morgan fingerprint density at radius 1 is 0.860 bits per heavy atom. The predicted octanol–water partition coefficient (Wildman–Crippen LogP) is 5.93. The second-order valence-electron chi connectivity index (χ2n) is 14.6. The molecule has 0 radical (unpaired) electrons. The van der Waals surface area contributed by atoms with E-state index >= 15 is 0 Å². The summed E-state index contributed by atoms with van der Waals surface area (Å²) in [6.45, 7) is 14.5. The number of fused-ring (bicyclic) bond motifs is 2. The summed E-state index contributed by atoms with van der Waals surface area (Å²) in [6, 6.07) is 0. The van der Waals surface area contributed by atoms with Crippen molar-refractivity contribution in [2.75, 3.05) is 40.6 Å². The molecular formula is C35H67N3O5. The lowest BCUT2D eigenvalue weighted by atomic mass is 9.62. The average Bonchev–Trinajstić information content (AvgIpc) is 3.32. The summed E-state index contributed by atoms with van der Waals surface area (Å²) >= 11 is 0. The monoisotopic (exact) mass is 610 g/mol. The van der Waals surface area contributed by atoms with Crippen LogP contribution in [-0.2, 0) is 18.9 Å². The van der Waals surface area contributed by atoms with Crippen molar-refractivity contribution in [1.29, 1.82) is 0 Å². The number of aliphatic hydroxyl groups is 1. The Bertz CT molecular complexity index is 814. The molecule has 2 saturated heterocycles. The molecule has 2 aliphatic heterocycles. The molecule has 8 nitrogen and oxygen atoms in total. The lowest BCUT2D eigenvalue weighted by molar-refractivity contribution is -0.0743. The summed E-state index contributed by atoms with van der Waals surface area (Å²) in [5.74, 6) is 11.7. The molecule has 8 heteroatoms. The predicted molar refractivity (Wildman–Crippen MR) is 173 cm³/mol. The number of aliphatic hydroxyl groups excluding tert-OH is 1. The normalized spacial score (nSPS) is 37.3. The fourth-order valence-corrected chi connectivity index (χ4v) is 8.76. The molecule has 0 aromatic carbocycles. The van der Waals surface area contributed by atoms with Gasteiger partial charge in [-0.1, -0.05) is 40.0 Å². The maximum absolute atomic E-state index is 10.8. The zero-order chi connectivity index (χ0) is 31.5. The molecule has 2 heterocycles. The van der Waals surface area contributed by atoms with Gasteiger partial charge in [0, 0.05) is 45.1 Å². The van der Waals surface area contributed by atoms with Gasteiger partial charge in [-0.3, -0.25) is 5.01 Å². The van der Waals surface area contributed by atoms with Gasteiger partial charge in [0.15, 0.2) is 0 Å². The van der Waals surface area contributed by atoms with E-state index in [1.807, 2.05) is 7.11 Å². The Labute approximate surface area is 263 Å². The van der Waals surface area contributed by atoms with E-state index in [2.05, 4.69) is 34.6 Å². The van der Waals surface area contributed by atoms with Crippen molar-refractivity contribution in [3.05, 3.63) is 11.9 Å². The largest absolute Gasteiger partial charge is 0.401 e. The van der Waals surface area contributed by atoms with E-state index in [9.17, 15) is 5.11 Å². The van der Waals surface area contributed by atoms with Crippen LogP contribution in [0.1, 0.15) is 98.8 Å². The minimum atomic E-state index is -0.754. The highest BCUT2D eigenvalue weighted by atomic mass is 16.5. The van der Waals surface area contributed by atoms with Crippen LogP contribution in [-0.4, -0.2) is 69.2 Å². The standard InChI is InChI=1S/C20H39N3O3.C15H28O2/c1-13-5-7-18(19-12-26-14(2)6-8-17(13)19)15(3)20(24)23(22)11-16(21)9-10-25-4;1-11(9-16-3)14-6-4-5-13-8-7-12(2)17-10-15(13)14/h11,13-15,17-20,24H,5-10,12,21-22H2,1-4H3;11-15H,4-10H2,1-3H3/b16-11-;/t13-,14?,15?,17?,18?,19?,20-;11?,12?,13?,14-,15?/m10/s1. The van der Waals surface area contributed by atoms with Crippen LogP contribution in [0, 0.1) is 53.3 Å². The van der Waals surface area contributed by atoms with Gasteiger partial charge >= 0.3 is 0 Å². The second kappa shape index (κ2) is 18.3. The van der Waals surface area contributed by atoms with Crippen LogP contribution in [0.4, 0.5) is 0 Å². The summed E-state index contributed by atoms with van der Waals surface area (Å²) in [5.41, 5.74) is 6.58. The number of ether oxygens (including phenoxy) is 4. The van der Waals surface area contributed by atoms with Gasteiger partial charge in [0.1, 0.15) is 6.23 Å². The van der Waals surface area contributed by atoms with E-state index in [4.69, 9.17) is 30.5 Å². The summed E-state index contributed by atoms with van der Waals surface area (Å²) < 4.78 is 22.4. The third kappa shape index (κ3) is 10.6. The highest BCUT2D eigenvalue weighted by Gasteiger charge is 2.43. The molecule has 2 saturated carbocycles.